The zero-order chi connectivity index (χ0) is 14.4. The quantitative estimate of drug-likeness (QED) is 0.750. The largest absolute Gasteiger partial charge is 0.494 e. The monoisotopic (exact) mass is 277 g/mol. The van der Waals surface area contributed by atoms with Crippen molar-refractivity contribution in [1.82, 2.24) is 4.90 Å². The van der Waals surface area contributed by atoms with E-state index in [1.807, 2.05) is 19.1 Å². The van der Waals surface area contributed by atoms with E-state index in [-0.39, 0.29) is 5.97 Å². The van der Waals surface area contributed by atoms with Crippen LogP contribution in [0.25, 0.3) is 0 Å². The number of hydrogen-bond donors (Lipinski definition) is 0. The zero-order valence-electron chi connectivity index (χ0n) is 12.3. The Kier molecular flexibility index (Phi) is 5.41. The minimum Gasteiger partial charge on any atom is -0.494 e. The van der Waals surface area contributed by atoms with E-state index >= 15 is 0 Å². The number of carbonyl (C=O) groups is 1. The summed E-state index contributed by atoms with van der Waals surface area (Å²) in [6.07, 6.45) is 2.79. The van der Waals surface area contributed by atoms with Crippen LogP contribution < -0.4 is 4.74 Å². The van der Waals surface area contributed by atoms with Crippen LogP contribution in [-0.2, 0) is 9.53 Å². The molecule has 1 atom stereocenters. The molecule has 4 nitrogen and oxygen atoms in total. The van der Waals surface area contributed by atoms with Gasteiger partial charge in [-0.05, 0) is 44.0 Å². The molecule has 1 aromatic rings. The van der Waals surface area contributed by atoms with Crippen molar-refractivity contribution in [3.8, 4) is 5.75 Å². The van der Waals surface area contributed by atoms with E-state index in [4.69, 9.17) is 9.47 Å². The molecule has 2 rings (SSSR count). The normalized spacial score (nSPS) is 19.0. The van der Waals surface area contributed by atoms with Crippen molar-refractivity contribution >= 4 is 5.97 Å². The van der Waals surface area contributed by atoms with Gasteiger partial charge in [-0.1, -0.05) is 12.1 Å². The first-order chi connectivity index (χ1) is 9.74. The van der Waals surface area contributed by atoms with Crippen molar-refractivity contribution in [1.29, 1.82) is 0 Å². The summed E-state index contributed by atoms with van der Waals surface area (Å²) >= 11 is 0. The summed E-state index contributed by atoms with van der Waals surface area (Å²) in [4.78, 5) is 13.6. The topological polar surface area (TPSA) is 38.8 Å². The van der Waals surface area contributed by atoms with Crippen molar-refractivity contribution in [2.24, 2.45) is 0 Å². The van der Waals surface area contributed by atoms with Crippen LogP contribution in [-0.4, -0.2) is 37.7 Å². The molecule has 0 aromatic heterocycles. The maximum Gasteiger partial charge on any atom is 0.306 e. The fraction of sp³-hybridized carbons (Fsp3) is 0.562. The van der Waals surface area contributed by atoms with Crippen LogP contribution in [0.5, 0.6) is 5.75 Å². The first-order valence-corrected chi connectivity index (χ1v) is 7.28. The predicted molar refractivity (Wildman–Crippen MR) is 77.8 cm³/mol. The second-order valence-electron chi connectivity index (χ2n) is 5.02. The minimum atomic E-state index is -0.137. The number of ether oxygens (including phenoxy) is 2. The maximum atomic E-state index is 11.3. The number of carbonyl (C=O) groups excluding carboxylic acids is 1. The molecule has 0 spiro atoms. The van der Waals surface area contributed by atoms with E-state index in [0.29, 0.717) is 19.1 Å². The molecule has 0 saturated carbocycles. The van der Waals surface area contributed by atoms with Gasteiger partial charge in [0, 0.05) is 12.6 Å². The Morgan fingerprint density at radius 1 is 1.35 bits per heavy atom. The third-order valence-electron chi connectivity index (χ3n) is 3.77. The zero-order valence-corrected chi connectivity index (χ0v) is 12.3. The molecule has 1 heterocycles. The molecule has 1 fully saturated rings. The standard InChI is InChI=1S/C16H23NO3/c1-3-20-14-8-6-13(7-9-14)15-5-4-11-17(15)12-10-16(18)19-2/h6-9,15H,3-5,10-12H2,1-2H3. The molecule has 0 N–H and O–H groups in total. The summed E-state index contributed by atoms with van der Waals surface area (Å²) in [5.41, 5.74) is 1.30. The average Bonchev–Trinajstić information content (AvgIpc) is 2.94. The van der Waals surface area contributed by atoms with Gasteiger partial charge in [0.05, 0.1) is 20.1 Å². The molecule has 1 aromatic carbocycles. The van der Waals surface area contributed by atoms with Crippen LogP contribution in [0, 0.1) is 0 Å². The van der Waals surface area contributed by atoms with Gasteiger partial charge >= 0.3 is 5.97 Å². The van der Waals surface area contributed by atoms with E-state index < -0.39 is 0 Å². The van der Waals surface area contributed by atoms with E-state index in [9.17, 15) is 4.79 Å². The maximum absolute atomic E-state index is 11.3. The van der Waals surface area contributed by atoms with E-state index in [0.717, 1.165) is 25.3 Å². The smallest absolute Gasteiger partial charge is 0.306 e. The lowest BCUT2D eigenvalue weighted by atomic mass is 10.0. The van der Waals surface area contributed by atoms with Crippen LogP contribution in [0.3, 0.4) is 0 Å². The van der Waals surface area contributed by atoms with Crippen LogP contribution >= 0.6 is 0 Å². The van der Waals surface area contributed by atoms with E-state index in [1.165, 1.54) is 19.1 Å². The number of methoxy groups -OCH3 is 1. The molecule has 0 aliphatic carbocycles. The highest BCUT2D eigenvalue weighted by Crippen LogP contribution is 2.32. The van der Waals surface area contributed by atoms with Gasteiger partial charge in [0.25, 0.3) is 0 Å². The van der Waals surface area contributed by atoms with Crippen molar-refractivity contribution in [3.63, 3.8) is 0 Å². The first-order valence-electron chi connectivity index (χ1n) is 7.28. The van der Waals surface area contributed by atoms with Gasteiger partial charge in [0.15, 0.2) is 0 Å². The number of likely N-dealkylation sites (tertiary alicyclic amines) is 1. The van der Waals surface area contributed by atoms with Gasteiger partial charge in [0.1, 0.15) is 5.75 Å². The number of nitrogens with zero attached hydrogens (tertiary/aromatic N) is 1. The lowest BCUT2D eigenvalue weighted by Crippen LogP contribution is -2.26. The molecular weight excluding hydrogens is 254 g/mol. The molecule has 1 unspecified atom stereocenters. The van der Waals surface area contributed by atoms with Gasteiger partial charge in [-0.25, -0.2) is 0 Å². The molecule has 0 bridgehead atoms. The predicted octanol–water partition coefficient (Wildman–Crippen LogP) is 2.79. The third-order valence-corrected chi connectivity index (χ3v) is 3.77. The second kappa shape index (κ2) is 7.29. The van der Waals surface area contributed by atoms with Crippen LogP contribution in [0.1, 0.15) is 37.8 Å². The molecule has 0 radical (unpaired) electrons. The number of hydrogen-bond acceptors (Lipinski definition) is 4. The number of benzene rings is 1. The molecule has 1 aliphatic heterocycles. The lowest BCUT2D eigenvalue weighted by Gasteiger charge is -2.24. The van der Waals surface area contributed by atoms with Crippen LogP contribution in [0.15, 0.2) is 24.3 Å². The molecule has 20 heavy (non-hydrogen) atoms. The van der Waals surface area contributed by atoms with Crippen molar-refractivity contribution in [2.45, 2.75) is 32.2 Å². The second-order valence-corrected chi connectivity index (χ2v) is 5.02. The van der Waals surface area contributed by atoms with Gasteiger partial charge in [0.2, 0.25) is 0 Å². The Labute approximate surface area is 120 Å². The SMILES string of the molecule is CCOc1ccc(C2CCCN2CCC(=O)OC)cc1. The minimum absolute atomic E-state index is 0.137. The van der Waals surface area contributed by atoms with Crippen LogP contribution in [0.4, 0.5) is 0 Å². The average molecular weight is 277 g/mol. The first kappa shape index (κ1) is 14.9. The Morgan fingerprint density at radius 3 is 2.75 bits per heavy atom. The summed E-state index contributed by atoms with van der Waals surface area (Å²) in [6.45, 7) is 4.49. The van der Waals surface area contributed by atoms with Crippen molar-refractivity contribution in [2.75, 3.05) is 26.8 Å². The molecule has 0 amide bonds. The molecule has 1 aliphatic rings. The van der Waals surface area contributed by atoms with Gasteiger partial charge < -0.3 is 9.47 Å². The van der Waals surface area contributed by atoms with Crippen molar-refractivity contribution in [3.05, 3.63) is 29.8 Å². The lowest BCUT2D eigenvalue weighted by molar-refractivity contribution is -0.141. The summed E-state index contributed by atoms with van der Waals surface area (Å²) in [5.74, 6) is 0.776. The van der Waals surface area contributed by atoms with E-state index in [2.05, 4.69) is 17.0 Å². The Bertz CT molecular complexity index is 430. The highest BCUT2D eigenvalue weighted by molar-refractivity contribution is 5.69. The molecular formula is C16H23NO3. The van der Waals surface area contributed by atoms with Crippen molar-refractivity contribution < 1.29 is 14.3 Å². The highest BCUT2D eigenvalue weighted by atomic mass is 16.5. The third kappa shape index (κ3) is 3.73. The Balaban J connectivity index is 1.97. The summed E-state index contributed by atoms with van der Waals surface area (Å²) in [5, 5.41) is 0. The number of esters is 1. The van der Waals surface area contributed by atoms with Gasteiger partial charge in [-0.2, -0.15) is 0 Å². The van der Waals surface area contributed by atoms with Gasteiger partial charge in [-0.3, -0.25) is 9.69 Å². The van der Waals surface area contributed by atoms with E-state index in [1.54, 1.807) is 0 Å². The highest BCUT2D eigenvalue weighted by Gasteiger charge is 2.26. The summed E-state index contributed by atoms with van der Waals surface area (Å²) < 4.78 is 10.2. The molecule has 4 heteroatoms. The van der Waals surface area contributed by atoms with Gasteiger partial charge in [-0.15, -0.1) is 0 Å². The fourth-order valence-corrected chi connectivity index (χ4v) is 2.76. The number of rotatable bonds is 6. The Hall–Kier alpha value is -1.55. The summed E-state index contributed by atoms with van der Waals surface area (Å²) in [7, 11) is 1.44. The molecule has 1 saturated heterocycles. The van der Waals surface area contributed by atoms with Crippen LogP contribution in [0.2, 0.25) is 0 Å². The fourth-order valence-electron chi connectivity index (χ4n) is 2.76. The Morgan fingerprint density at radius 2 is 2.10 bits per heavy atom. The summed E-state index contributed by atoms with van der Waals surface area (Å²) in [6, 6.07) is 8.72. The molecule has 110 valence electrons.